The monoisotopic (exact) mass is 255 g/mol. The third-order valence-corrected chi connectivity index (χ3v) is 2.26. The van der Waals surface area contributed by atoms with Crippen LogP contribution in [0.25, 0.3) is 6.08 Å². The molecule has 0 saturated heterocycles. The highest BCUT2D eigenvalue weighted by Crippen LogP contribution is 2.27. The van der Waals surface area contributed by atoms with Crippen molar-refractivity contribution in [2.45, 2.75) is 6.92 Å². The predicted octanol–water partition coefficient (Wildman–Crippen LogP) is 1.79. The number of nitrogens with one attached hydrogen (secondary N) is 1. The molecule has 1 N–H and O–H groups in total. The van der Waals surface area contributed by atoms with E-state index in [1.165, 1.54) is 13.1 Å². The maximum absolute atomic E-state index is 10.6. The number of nitro groups is 1. The van der Waals surface area contributed by atoms with E-state index in [4.69, 9.17) is 11.6 Å². The van der Waals surface area contributed by atoms with Gasteiger partial charge >= 0.3 is 5.69 Å². The lowest BCUT2D eigenvalue weighted by atomic mass is 10.2. The van der Waals surface area contributed by atoms with Gasteiger partial charge in [0.2, 0.25) is 5.91 Å². The van der Waals surface area contributed by atoms with Crippen LogP contribution in [-0.4, -0.2) is 22.4 Å². The highest BCUT2D eigenvalue weighted by molar-refractivity contribution is 6.34. The summed E-state index contributed by atoms with van der Waals surface area (Å²) in [6, 6.07) is 0. The number of hydrogen-bond acceptors (Lipinski definition) is 4. The van der Waals surface area contributed by atoms with Crippen LogP contribution in [0.3, 0.4) is 0 Å². The number of aromatic nitrogens is 1. The summed E-state index contributed by atoms with van der Waals surface area (Å²) in [6.07, 6.45) is 5.71. The van der Waals surface area contributed by atoms with Gasteiger partial charge < -0.3 is 5.32 Å². The zero-order chi connectivity index (χ0) is 12.8. The van der Waals surface area contributed by atoms with E-state index in [1.54, 1.807) is 12.2 Å². The largest absolute Gasteiger partial charge is 0.353 e. The number of nitrogens with zero attached hydrogens (tertiary/aromatic N) is 2. The number of rotatable bonds is 4. The van der Waals surface area contributed by atoms with Crippen molar-refractivity contribution < 1.29 is 9.72 Å². The van der Waals surface area contributed by atoms with Crippen molar-refractivity contribution in [3.05, 3.63) is 39.2 Å². The average molecular weight is 256 g/mol. The van der Waals surface area contributed by atoms with Gasteiger partial charge in [0.25, 0.3) is 0 Å². The number of carbonyl (C=O) groups is 1. The summed E-state index contributed by atoms with van der Waals surface area (Å²) in [5.74, 6) is -0.155. The second-order valence-corrected chi connectivity index (χ2v) is 3.54. The molecule has 0 radical (unpaired) electrons. The van der Waals surface area contributed by atoms with Crippen molar-refractivity contribution in [1.82, 2.24) is 10.3 Å². The molecular formula is C10H10ClN3O3. The SMILES string of the molecule is CC(=O)NCC=Cc1cncc([N+](=O)[O-])c1Cl. The van der Waals surface area contributed by atoms with Gasteiger partial charge in [0, 0.05) is 25.2 Å². The van der Waals surface area contributed by atoms with Crippen molar-refractivity contribution in [2.75, 3.05) is 6.54 Å². The van der Waals surface area contributed by atoms with Crippen LogP contribution in [0.2, 0.25) is 5.02 Å². The molecule has 1 rings (SSSR count). The first kappa shape index (κ1) is 13.1. The quantitative estimate of drug-likeness (QED) is 0.657. The van der Waals surface area contributed by atoms with Crippen molar-refractivity contribution >= 4 is 29.3 Å². The van der Waals surface area contributed by atoms with E-state index in [1.807, 2.05) is 0 Å². The lowest BCUT2D eigenvalue weighted by Gasteiger charge is -1.99. The minimum atomic E-state index is -0.597. The van der Waals surface area contributed by atoms with Gasteiger partial charge in [-0.25, -0.2) is 0 Å². The molecule has 0 aliphatic carbocycles. The van der Waals surface area contributed by atoms with Gasteiger partial charge in [0.05, 0.1) is 4.92 Å². The summed E-state index contributed by atoms with van der Waals surface area (Å²) in [7, 11) is 0. The number of hydrogen-bond donors (Lipinski definition) is 1. The van der Waals surface area contributed by atoms with Crippen molar-refractivity contribution in [3.8, 4) is 0 Å². The van der Waals surface area contributed by atoms with Crippen molar-refractivity contribution in [2.24, 2.45) is 0 Å². The number of amides is 1. The van der Waals surface area contributed by atoms with E-state index in [-0.39, 0.29) is 16.6 Å². The molecule has 0 unspecified atom stereocenters. The third-order valence-electron chi connectivity index (χ3n) is 1.85. The molecule has 0 aliphatic heterocycles. The minimum Gasteiger partial charge on any atom is -0.353 e. The standard InChI is InChI=1S/C10H10ClN3O3/c1-7(15)13-4-2-3-8-5-12-6-9(10(8)11)14(16)17/h2-3,5-6H,4H2,1H3,(H,13,15). The molecule has 7 heteroatoms. The van der Waals surface area contributed by atoms with Gasteiger partial charge in [-0.2, -0.15) is 0 Å². The molecule has 0 spiro atoms. The van der Waals surface area contributed by atoms with Gasteiger partial charge in [-0.3, -0.25) is 19.9 Å². The molecule has 0 aromatic carbocycles. The average Bonchev–Trinajstić information content (AvgIpc) is 2.25. The molecular weight excluding hydrogens is 246 g/mol. The molecule has 1 heterocycles. The lowest BCUT2D eigenvalue weighted by Crippen LogP contribution is -2.19. The Labute approximate surface area is 102 Å². The van der Waals surface area contributed by atoms with Crippen LogP contribution in [0.1, 0.15) is 12.5 Å². The normalized spacial score (nSPS) is 10.5. The Balaban J connectivity index is 2.81. The zero-order valence-electron chi connectivity index (χ0n) is 9.01. The Morgan fingerprint density at radius 3 is 2.94 bits per heavy atom. The minimum absolute atomic E-state index is 0.0316. The number of halogens is 1. The van der Waals surface area contributed by atoms with E-state index in [0.29, 0.717) is 12.1 Å². The Bertz CT molecular complexity index is 474. The van der Waals surface area contributed by atoms with Crippen LogP contribution < -0.4 is 5.32 Å². The Morgan fingerprint density at radius 1 is 1.65 bits per heavy atom. The molecule has 17 heavy (non-hydrogen) atoms. The maximum Gasteiger partial charge on any atom is 0.306 e. The first-order chi connectivity index (χ1) is 8.02. The van der Waals surface area contributed by atoms with Gasteiger partial charge in [0.15, 0.2) is 0 Å². The topological polar surface area (TPSA) is 85.1 Å². The molecule has 6 nitrogen and oxygen atoms in total. The molecule has 1 aromatic rings. The summed E-state index contributed by atoms with van der Waals surface area (Å²) in [5.41, 5.74) is 0.194. The fourth-order valence-electron chi connectivity index (χ4n) is 1.08. The second kappa shape index (κ2) is 5.95. The fraction of sp³-hybridized carbons (Fsp3) is 0.200. The Hall–Kier alpha value is -1.95. The van der Waals surface area contributed by atoms with Crippen LogP contribution in [0.4, 0.5) is 5.69 Å². The number of pyridine rings is 1. The first-order valence-electron chi connectivity index (χ1n) is 4.71. The van der Waals surface area contributed by atoms with Crippen molar-refractivity contribution in [1.29, 1.82) is 0 Å². The van der Waals surface area contributed by atoms with E-state index in [2.05, 4.69) is 10.3 Å². The summed E-state index contributed by atoms with van der Waals surface area (Å²) < 4.78 is 0. The number of carbonyl (C=O) groups excluding carboxylic acids is 1. The second-order valence-electron chi connectivity index (χ2n) is 3.16. The fourth-order valence-corrected chi connectivity index (χ4v) is 1.31. The molecule has 1 aromatic heterocycles. The van der Waals surface area contributed by atoms with Crippen LogP contribution in [0.15, 0.2) is 18.5 Å². The third kappa shape index (κ3) is 3.84. The Kier molecular flexibility index (Phi) is 4.59. The summed E-state index contributed by atoms with van der Waals surface area (Å²) in [6.45, 7) is 1.73. The van der Waals surface area contributed by atoms with Gasteiger partial charge in [-0.05, 0) is 0 Å². The van der Waals surface area contributed by atoms with Gasteiger partial charge in [-0.15, -0.1) is 0 Å². The van der Waals surface area contributed by atoms with E-state index in [9.17, 15) is 14.9 Å². The van der Waals surface area contributed by atoms with Crippen LogP contribution in [0, 0.1) is 10.1 Å². The van der Waals surface area contributed by atoms with Gasteiger partial charge in [-0.1, -0.05) is 23.8 Å². The van der Waals surface area contributed by atoms with E-state index < -0.39 is 4.92 Å². The van der Waals surface area contributed by atoms with Crippen LogP contribution >= 0.6 is 11.6 Å². The zero-order valence-corrected chi connectivity index (χ0v) is 9.77. The predicted molar refractivity (Wildman–Crippen MR) is 63.6 cm³/mol. The maximum atomic E-state index is 10.6. The Morgan fingerprint density at radius 2 is 2.35 bits per heavy atom. The van der Waals surface area contributed by atoms with Crippen LogP contribution in [0.5, 0.6) is 0 Å². The van der Waals surface area contributed by atoms with Crippen LogP contribution in [-0.2, 0) is 4.79 Å². The molecule has 1 amide bonds. The highest BCUT2D eigenvalue weighted by Gasteiger charge is 2.14. The van der Waals surface area contributed by atoms with Gasteiger partial charge in [0.1, 0.15) is 11.2 Å². The summed E-state index contributed by atoms with van der Waals surface area (Å²) in [5, 5.41) is 13.2. The molecule has 0 saturated carbocycles. The molecule has 90 valence electrons. The first-order valence-corrected chi connectivity index (χ1v) is 5.09. The van der Waals surface area contributed by atoms with E-state index in [0.717, 1.165) is 6.20 Å². The van der Waals surface area contributed by atoms with Crippen molar-refractivity contribution in [3.63, 3.8) is 0 Å². The molecule has 0 fully saturated rings. The molecule has 0 atom stereocenters. The van der Waals surface area contributed by atoms with E-state index >= 15 is 0 Å². The lowest BCUT2D eigenvalue weighted by molar-refractivity contribution is -0.385. The summed E-state index contributed by atoms with van der Waals surface area (Å²) in [4.78, 5) is 24.3. The highest BCUT2D eigenvalue weighted by atomic mass is 35.5. The summed E-state index contributed by atoms with van der Waals surface area (Å²) >= 11 is 5.82. The molecule has 0 bridgehead atoms. The molecule has 0 aliphatic rings. The smallest absolute Gasteiger partial charge is 0.306 e.